The molecular formula is C47H31NO. The van der Waals surface area contributed by atoms with Crippen LogP contribution in [0.3, 0.4) is 0 Å². The summed E-state index contributed by atoms with van der Waals surface area (Å²) >= 11 is 0. The van der Waals surface area contributed by atoms with Crippen LogP contribution in [0.5, 0.6) is 0 Å². The van der Waals surface area contributed by atoms with Gasteiger partial charge in [-0.1, -0.05) is 127 Å². The standard InChI is InChI=1S/C47H31NO/c1-3-11-30(12-4-1)34-19-22-39-42(27-34)46(31-13-5-2-6-14-31)37-17-9-10-18-38(37)47(39)43-23-20-36(29-48-43)35-21-24-44-40(26-35)41-25-32-15-7-8-16-33(32)28-45(41)49-44/h1-18,20-21,23-29H,19,22H2. The second-order valence-electron chi connectivity index (χ2n) is 13.0. The van der Waals surface area contributed by atoms with E-state index in [2.05, 4.69) is 158 Å². The third kappa shape index (κ3) is 4.60. The third-order valence-electron chi connectivity index (χ3n) is 10.2. The van der Waals surface area contributed by atoms with Crippen LogP contribution in [0.15, 0.2) is 162 Å². The molecule has 0 amide bonds. The number of nitrogens with zero attached hydrogens (tertiary/aromatic N) is 1. The lowest BCUT2D eigenvalue weighted by atomic mass is 9.78. The van der Waals surface area contributed by atoms with Crippen LogP contribution in [0.4, 0.5) is 0 Å². The first-order chi connectivity index (χ1) is 24.3. The second kappa shape index (κ2) is 11.2. The van der Waals surface area contributed by atoms with Crippen molar-refractivity contribution in [1.29, 1.82) is 0 Å². The molecule has 2 nitrogen and oxygen atoms in total. The first-order valence-electron chi connectivity index (χ1n) is 17.0. The maximum absolute atomic E-state index is 6.28. The monoisotopic (exact) mass is 625 g/mol. The number of aromatic nitrogens is 1. The summed E-state index contributed by atoms with van der Waals surface area (Å²) < 4.78 is 6.28. The van der Waals surface area contributed by atoms with E-state index in [0.717, 1.165) is 51.6 Å². The number of pyridine rings is 1. The number of allylic oxidation sites excluding steroid dienone is 1. The Balaban J connectivity index is 1.13. The lowest BCUT2D eigenvalue weighted by molar-refractivity contribution is 0.669. The Kier molecular flexibility index (Phi) is 6.35. The molecule has 0 unspecified atom stereocenters. The van der Waals surface area contributed by atoms with E-state index < -0.39 is 0 Å². The summed E-state index contributed by atoms with van der Waals surface area (Å²) in [5.74, 6) is 0. The van der Waals surface area contributed by atoms with Crippen molar-refractivity contribution in [3.63, 3.8) is 0 Å². The fourth-order valence-electron chi connectivity index (χ4n) is 7.88. The summed E-state index contributed by atoms with van der Waals surface area (Å²) in [6.07, 6.45) is 6.42. The zero-order valence-corrected chi connectivity index (χ0v) is 26.9. The molecule has 49 heavy (non-hydrogen) atoms. The van der Waals surface area contributed by atoms with Gasteiger partial charge in [-0.25, -0.2) is 0 Å². The Hall–Kier alpha value is -6.25. The Labute approximate surface area is 284 Å². The number of benzene rings is 7. The quantitative estimate of drug-likeness (QED) is 0.194. The molecule has 0 radical (unpaired) electrons. The summed E-state index contributed by atoms with van der Waals surface area (Å²) in [5, 5.41) is 7.17. The molecule has 0 bridgehead atoms. The number of rotatable bonds is 4. The highest BCUT2D eigenvalue weighted by molar-refractivity contribution is 6.12. The molecule has 230 valence electrons. The van der Waals surface area contributed by atoms with Crippen molar-refractivity contribution in [1.82, 2.24) is 4.98 Å². The molecule has 0 atom stereocenters. The van der Waals surface area contributed by atoms with Crippen molar-refractivity contribution in [2.75, 3.05) is 0 Å². The molecule has 0 aliphatic heterocycles. The SMILES string of the molecule is C1=C(c2ccccc2)CCc2c1c(-c1ccccc1)c1ccccc1c2-c1ccc(-c2ccc3oc4cc5ccccc5cc4c3c2)cn1. The molecule has 9 aromatic rings. The highest BCUT2D eigenvalue weighted by Gasteiger charge is 2.24. The van der Waals surface area contributed by atoms with E-state index in [-0.39, 0.29) is 0 Å². The minimum Gasteiger partial charge on any atom is -0.456 e. The Morgan fingerprint density at radius 2 is 1.10 bits per heavy atom. The molecule has 0 fully saturated rings. The maximum atomic E-state index is 6.28. The van der Waals surface area contributed by atoms with Crippen LogP contribution in [-0.2, 0) is 6.42 Å². The average Bonchev–Trinajstić information content (AvgIpc) is 3.53. The molecule has 1 aliphatic rings. The second-order valence-corrected chi connectivity index (χ2v) is 13.0. The van der Waals surface area contributed by atoms with Gasteiger partial charge in [0.05, 0.1) is 5.69 Å². The van der Waals surface area contributed by atoms with E-state index >= 15 is 0 Å². The van der Waals surface area contributed by atoms with Crippen molar-refractivity contribution in [3.05, 3.63) is 175 Å². The number of hydrogen-bond donors (Lipinski definition) is 0. The molecule has 2 heteroatoms. The molecular weight excluding hydrogens is 595 g/mol. The van der Waals surface area contributed by atoms with Gasteiger partial charge in [0.1, 0.15) is 11.2 Å². The number of furan rings is 1. The molecule has 0 saturated carbocycles. The minimum atomic E-state index is 0.901. The van der Waals surface area contributed by atoms with E-state index in [1.54, 1.807) is 0 Å². The van der Waals surface area contributed by atoms with Gasteiger partial charge in [0.15, 0.2) is 0 Å². The van der Waals surface area contributed by atoms with Gasteiger partial charge in [-0.05, 0) is 104 Å². The predicted octanol–water partition coefficient (Wildman–Crippen LogP) is 12.8. The Morgan fingerprint density at radius 3 is 1.86 bits per heavy atom. The van der Waals surface area contributed by atoms with Gasteiger partial charge in [-0.15, -0.1) is 0 Å². The molecule has 7 aromatic carbocycles. The maximum Gasteiger partial charge on any atom is 0.136 e. The third-order valence-corrected chi connectivity index (χ3v) is 10.2. The fourth-order valence-corrected chi connectivity index (χ4v) is 7.88. The molecule has 1 aliphatic carbocycles. The van der Waals surface area contributed by atoms with Gasteiger partial charge in [0.2, 0.25) is 0 Å². The summed E-state index contributed by atoms with van der Waals surface area (Å²) in [7, 11) is 0. The fraction of sp³-hybridized carbons (Fsp3) is 0.0426. The molecule has 0 saturated heterocycles. The van der Waals surface area contributed by atoms with Crippen molar-refractivity contribution >= 4 is 55.1 Å². The summed E-state index contributed by atoms with van der Waals surface area (Å²) in [4.78, 5) is 5.19. The first kappa shape index (κ1) is 27.8. The van der Waals surface area contributed by atoms with Gasteiger partial charge >= 0.3 is 0 Å². The molecule has 10 rings (SSSR count). The molecule has 2 heterocycles. The lowest BCUT2D eigenvalue weighted by Gasteiger charge is -2.26. The highest BCUT2D eigenvalue weighted by Crippen LogP contribution is 2.46. The van der Waals surface area contributed by atoms with Gasteiger partial charge in [-0.3, -0.25) is 4.98 Å². The predicted molar refractivity (Wildman–Crippen MR) is 205 cm³/mol. The van der Waals surface area contributed by atoms with Crippen LogP contribution >= 0.6 is 0 Å². The molecule has 0 N–H and O–H groups in total. The zero-order chi connectivity index (χ0) is 32.3. The molecule has 0 spiro atoms. The van der Waals surface area contributed by atoms with Crippen LogP contribution in [-0.4, -0.2) is 4.98 Å². The minimum absolute atomic E-state index is 0.901. The lowest BCUT2D eigenvalue weighted by Crippen LogP contribution is -2.06. The largest absolute Gasteiger partial charge is 0.456 e. The topological polar surface area (TPSA) is 26.0 Å². The van der Waals surface area contributed by atoms with Gasteiger partial charge in [0.25, 0.3) is 0 Å². The van der Waals surface area contributed by atoms with E-state index in [0.29, 0.717) is 0 Å². The van der Waals surface area contributed by atoms with E-state index in [1.165, 1.54) is 60.5 Å². The number of hydrogen-bond acceptors (Lipinski definition) is 2. The van der Waals surface area contributed by atoms with Gasteiger partial charge < -0.3 is 4.42 Å². The van der Waals surface area contributed by atoms with E-state index in [4.69, 9.17) is 9.40 Å². The van der Waals surface area contributed by atoms with Gasteiger partial charge in [0, 0.05) is 28.1 Å². The smallest absolute Gasteiger partial charge is 0.136 e. The number of fused-ring (bicyclic) bond motifs is 6. The Morgan fingerprint density at radius 1 is 0.449 bits per heavy atom. The molecule has 2 aromatic heterocycles. The van der Waals surface area contributed by atoms with E-state index in [9.17, 15) is 0 Å². The van der Waals surface area contributed by atoms with Crippen molar-refractivity contribution < 1.29 is 4.42 Å². The Bertz CT molecular complexity index is 2740. The van der Waals surface area contributed by atoms with Crippen molar-refractivity contribution in [2.24, 2.45) is 0 Å². The van der Waals surface area contributed by atoms with Crippen molar-refractivity contribution in [2.45, 2.75) is 12.8 Å². The van der Waals surface area contributed by atoms with Crippen LogP contribution in [0.25, 0.3) is 88.6 Å². The summed E-state index contributed by atoms with van der Waals surface area (Å²) in [6.45, 7) is 0. The zero-order valence-electron chi connectivity index (χ0n) is 26.9. The van der Waals surface area contributed by atoms with Crippen LogP contribution in [0.2, 0.25) is 0 Å². The van der Waals surface area contributed by atoms with Crippen LogP contribution in [0, 0.1) is 0 Å². The first-order valence-corrected chi connectivity index (χ1v) is 17.0. The summed E-state index contributed by atoms with van der Waals surface area (Å²) in [6, 6.07) is 54.3. The van der Waals surface area contributed by atoms with Crippen LogP contribution in [0.1, 0.15) is 23.1 Å². The van der Waals surface area contributed by atoms with Crippen LogP contribution < -0.4 is 0 Å². The van der Waals surface area contributed by atoms with Crippen molar-refractivity contribution in [3.8, 4) is 33.5 Å². The van der Waals surface area contributed by atoms with Gasteiger partial charge in [-0.2, -0.15) is 0 Å². The summed E-state index contributed by atoms with van der Waals surface area (Å²) in [5.41, 5.74) is 14.2. The highest BCUT2D eigenvalue weighted by atomic mass is 16.3. The van der Waals surface area contributed by atoms with E-state index in [1.807, 2.05) is 6.20 Å². The average molecular weight is 626 g/mol. The normalized spacial score (nSPS) is 12.9.